The number of carbonyl (C=O) groups is 1. The molecule has 5 heteroatoms. The summed E-state index contributed by atoms with van der Waals surface area (Å²) in [5, 5.41) is 11.9. The van der Waals surface area contributed by atoms with Crippen molar-refractivity contribution in [2.24, 2.45) is 0 Å². The Hall–Kier alpha value is -1.62. The van der Waals surface area contributed by atoms with E-state index in [9.17, 15) is 4.79 Å². The summed E-state index contributed by atoms with van der Waals surface area (Å²) in [6.45, 7) is 3.78. The fourth-order valence-corrected chi connectivity index (χ4v) is 2.57. The van der Waals surface area contributed by atoms with Crippen molar-refractivity contribution < 1.29 is 4.79 Å². The second kappa shape index (κ2) is 5.82. The predicted molar refractivity (Wildman–Crippen MR) is 73.9 cm³/mol. The zero-order valence-electron chi connectivity index (χ0n) is 10.6. The first-order chi connectivity index (χ1) is 8.66. The topological polar surface area (TPSA) is 57.8 Å². The summed E-state index contributed by atoms with van der Waals surface area (Å²) in [5.74, 6) is 0.0548. The number of hydrogen-bond acceptors (Lipinski definition) is 3. The molecule has 1 amide bonds. The summed E-state index contributed by atoms with van der Waals surface area (Å²) >= 11 is 1.74. The van der Waals surface area contributed by atoms with E-state index in [2.05, 4.69) is 27.0 Å². The second-order valence-electron chi connectivity index (χ2n) is 4.29. The van der Waals surface area contributed by atoms with Crippen LogP contribution in [0.2, 0.25) is 0 Å². The SMILES string of the molecule is Cc1n[nH]c(C)c1NC(=O)CCCc1cccs1. The third kappa shape index (κ3) is 3.20. The third-order valence-electron chi connectivity index (χ3n) is 2.80. The summed E-state index contributed by atoms with van der Waals surface area (Å²) in [5.41, 5.74) is 2.55. The highest BCUT2D eigenvalue weighted by Gasteiger charge is 2.09. The van der Waals surface area contributed by atoms with Crippen LogP contribution in [0.15, 0.2) is 17.5 Å². The van der Waals surface area contributed by atoms with E-state index in [0.717, 1.165) is 29.9 Å². The number of amides is 1. The van der Waals surface area contributed by atoms with E-state index in [0.29, 0.717) is 6.42 Å². The molecule has 0 saturated carbocycles. The minimum absolute atomic E-state index is 0.0548. The average molecular weight is 263 g/mol. The molecule has 96 valence electrons. The van der Waals surface area contributed by atoms with Crippen molar-refractivity contribution in [3.63, 3.8) is 0 Å². The normalized spacial score (nSPS) is 10.6. The minimum atomic E-state index is 0.0548. The number of nitrogens with zero attached hydrogens (tertiary/aromatic N) is 1. The van der Waals surface area contributed by atoms with Gasteiger partial charge in [0, 0.05) is 11.3 Å². The molecular weight excluding hydrogens is 246 g/mol. The van der Waals surface area contributed by atoms with Crippen LogP contribution in [0.3, 0.4) is 0 Å². The van der Waals surface area contributed by atoms with E-state index in [1.165, 1.54) is 4.88 Å². The van der Waals surface area contributed by atoms with Gasteiger partial charge in [0.2, 0.25) is 5.91 Å². The number of hydrogen-bond donors (Lipinski definition) is 2. The van der Waals surface area contributed by atoms with Gasteiger partial charge in [-0.3, -0.25) is 9.89 Å². The molecule has 2 N–H and O–H groups in total. The number of carbonyl (C=O) groups excluding carboxylic acids is 1. The molecule has 0 spiro atoms. The lowest BCUT2D eigenvalue weighted by atomic mass is 10.2. The standard InChI is InChI=1S/C13H17N3OS/c1-9-13(10(2)16-15-9)14-12(17)7-3-5-11-6-4-8-18-11/h4,6,8H,3,5,7H2,1-2H3,(H,14,17)(H,15,16). The van der Waals surface area contributed by atoms with Crippen molar-refractivity contribution in [1.29, 1.82) is 0 Å². The Morgan fingerprint density at radius 3 is 2.94 bits per heavy atom. The lowest BCUT2D eigenvalue weighted by Gasteiger charge is -2.04. The molecule has 0 unspecified atom stereocenters. The first kappa shape index (κ1) is 12.8. The molecule has 0 saturated heterocycles. The molecule has 0 aliphatic heterocycles. The molecule has 0 aromatic carbocycles. The predicted octanol–water partition coefficient (Wildman–Crippen LogP) is 3.05. The van der Waals surface area contributed by atoms with Crippen molar-refractivity contribution >= 4 is 22.9 Å². The van der Waals surface area contributed by atoms with Crippen molar-refractivity contribution in [3.8, 4) is 0 Å². The maximum Gasteiger partial charge on any atom is 0.224 e. The van der Waals surface area contributed by atoms with Gasteiger partial charge in [0.25, 0.3) is 0 Å². The average Bonchev–Trinajstić information content (AvgIpc) is 2.94. The molecule has 0 fully saturated rings. The molecule has 0 bridgehead atoms. The molecule has 2 aromatic rings. The zero-order chi connectivity index (χ0) is 13.0. The van der Waals surface area contributed by atoms with Gasteiger partial charge in [-0.05, 0) is 38.1 Å². The number of aromatic nitrogens is 2. The first-order valence-electron chi connectivity index (χ1n) is 6.00. The Bertz CT molecular complexity index is 497. The van der Waals surface area contributed by atoms with Crippen LogP contribution in [0.25, 0.3) is 0 Å². The van der Waals surface area contributed by atoms with Crippen LogP contribution in [0.5, 0.6) is 0 Å². The van der Waals surface area contributed by atoms with Gasteiger partial charge in [0.05, 0.1) is 17.1 Å². The molecule has 2 heterocycles. The molecule has 0 atom stereocenters. The van der Waals surface area contributed by atoms with E-state index >= 15 is 0 Å². The van der Waals surface area contributed by atoms with Crippen LogP contribution in [-0.4, -0.2) is 16.1 Å². The van der Waals surface area contributed by atoms with Gasteiger partial charge in [0.15, 0.2) is 0 Å². The molecule has 0 aliphatic rings. The number of aryl methyl sites for hydroxylation is 3. The van der Waals surface area contributed by atoms with Crippen LogP contribution in [-0.2, 0) is 11.2 Å². The van der Waals surface area contributed by atoms with Crippen molar-refractivity contribution in [1.82, 2.24) is 10.2 Å². The Kier molecular flexibility index (Phi) is 4.15. The number of aromatic amines is 1. The summed E-state index contributed by atoms with van der Waals surface area (Å²) in [6.07, 6.45) is 2.39. The summed E-state index contributed by atoms with van der Waals surface area (Å²) in [7, 11) is 0. The highest BCUT2D eigenvalue weighted by molar-refractivity contribution is 7.09. The zero-order valence-corrected chi connectivity index (χ0v) is 11.4. The first-order valence-corrected chi connectivity index (χ1v) is 6.88. The van der Waals surface area contributed by atoms with E-state index in [4.69, 9.17) is 0 Å². The van der Waals surface area contributed by atoms with Crippen LogP contribution in [0, 0.1) is 13.8 Å². The molecule has 4 nitrogen and oxygen atoms in total. The van der Waals surface area contributed by atoms with Gasteiger partial charge >= 0.3 is 0 Å². The van der Waals surface area contributed by atoms with E-state index in [1.807, 2.05) is 19.9 Å². The van der Waals surface area contributed by atoms with Crippen molar-refractivity contribution in [3.05, 3.63) is 33.8 Å². The number of rotatable bonds is 5. The highest BCUT2D eigenvalue weighted by atomic mass is 32.1. The van der Waals surface area contributed by atoms with Crippen LogP contribution in [0.4, 0.5) is 5.69 Å². The monoisotopic (exact) mass is 263 g/mol. The van der Waals surface area contributed by atoms with E-state index < -0.39 is 0 Å². The summed E-state index contributed by atoms with van der Waals surface area (Å²) in [6, 6.07) is 4.14. The van der Waals surface area contributed by atoms with Gasteiger partial charge in [-0.15, -0.1) is 11.3 Å². The Morgan fingerprint density at radius 2 is 2.33 bits per heavy atom. The van der Waals surface area contributed by atoms with Crippen molar-refractivity contribution in [2.45, 2.75) is 33.1 Å². The van der Waals surface area contributed by atoms with E-state index in [-0.39, 0.29) is 5.91 Å². The van der Waals surface area contributed by atoms with Gasteiger partial charge < -0.3 is 5.32 Å². The molecular formula is C13H17N3OS. The van der Waals surface area contributed by atoms with Gasteiger partial charge in [0.1, 0.15) is 0 Å². The van der Waals surface area contributed by atoms with Gasteiger partial charge in [-0.2, -0.15) is 5.10 Å². The molecule has 2 aromatic heterocycles. The Balaban J connectivity index is 1.79. The van der Waals surface area contributed by atoms with Gasteiger partial charge in [-0.25, -0.2) is 0 Å². The molecule has 0 aliphatic carbocycles. The minimum Gasteiger partial charge on any atom is -0.323 e. The third-order valence-corrected chi connectivity index (χ3v) is 3.74. The summed E-state index contributed by atoms with van der Waals surface area (Å²) < 4.78 is 0. The van der Waals surface area contributed by atoms with Crippen LogP contribution >= 0.6 is 11.3 Å². The van der Waals surface area contributed by atoms with Gasteiger partial charge in [-0.1, -0.05) is 6.07 Å². The smallest absolute Gasteiger partial charge is 0.224 e. The van der Waals surface area contributed by atoms with Crippen LogP contribution in [0.1, 0.15) is 29.1 Å². The number of anilines is 1. The molecule has 2 rings (SSSR count). The lowest BCUT2D eigenvalue weighted by molar-refractivity contribution is -0.116. The molecule has 18 heavy (non-hydrogen) atoms. The largest absolute Gasteiger partial charge is 0.323 e. The Morgan fingerprint density at radius 1 is 1.50 bits per heavy atom. The quantitative estimate of drug-likeness (QED) is 0.871. The fraction of sp³-hybridized carbons (Fsp3) is 0.385. The van der Waals surface area contributed by atoms with Crippen molar-refractivity contribution in [2.75, 3.05) is 5.32 Å². The highest BCUT2D eigenvalue weighted by Crippen LogP contribution is 2.17. The fourth-order valence-electron chi connectivity index (χ4n) is 1.81. The summed E-state index contributed by atoms with van der Waals surface area (Å²) in [4.78, 5) is 13.1. The van der Waals surface area contributed by atoms with Crippen LogP contribution < -0.4 is 5.32 Å². The second-order valence-corrected chi connectivity index (χ2v) is 5.32. The lowest BCUT2D eigenvalue weighted by Crippen LogP contribution is -2.12. The maximum absolute atomic E-state index is 11.8. The molecule has 0 radical (unpaired) electrons. The maximum atomic E-state index is 11.8. The number of thiophene rings is 1. The van der Waals surface area contributed by atoms with E-state index in [1.54, 1.807) is 11.3 Å². The number of H-pyrrole nitrogens is 1. The number of nitrogens with one attached hydrogen (secondary N) is 2. The Labute approximate surface area is 110 Å².